The molecule has 0 saturated heterocycles. The van der Waals surface area contributed by atoms with Crippen LogP contribution in [0.4, 0.5) is 18.3 Å². The second-order valence-electron chi connectivity index (χ2n) is 4.30. The summed E-state index contributed by atoms with van der Waals surface area (Å²) in [4.78, 5) is 5.09. The molecule has 108 valence electrons. The van der Waals surface area contributed by atoms with Crippen LogP contribution in [-0.4, -0.2) is 4.98 Å². The minimum atomic E-state index is -4.35. The fraction of sp³-hybridized carbons (Fsp3) is 0.308. The largest absolute Gasteiger partial charge is 0.416 e. The molecule has 0 bridgehead atoms. The molecule has 2 rings (SSSR count). The number of anilines is 1. The molecule has 2 aromatic rings. The average molecular weight is 365 g/mol. The van der Waals surface area contributed by atoms with Gasteiger partial charge < -0.3 is 5.73 Å². The standard InChI is InChI=1S/C13H12BrF3N2S/c1-2-10-11(20-12(18)19-10)5-7-3-8(13(15,16)17)6-9(14)4-7/h3-4,6H,2,5H2,1H3,(H2,18,19). The maximum atomic E-state index is 12.8. The predicted octanol–water partition coefficient (Wildman–Crippen LogP) is 4.66. The zero-order valence-electron chi connectivity index (χ0n) is 10.6. The number of hydrogen-bond acceptors (Lipinski definition) is 3. The number of alkyl halides is 3. The molecule has 0 radical (unpaired) electrons. The number of aromatic nitrogens is 1. The maximum Gasteiger partial charge on any atom is 0.416 e. The Bertz CT molecular complexity index is 623. The van der Waals surface area contributed by atoms with Gasteiger partial charge in [-0.3, -0.25) is 0 Å². The monoisotopic (exact) mass is 364 g/mol. The summed E-state index contributed by atoms with van der Waals surface area (Å²) in [6.45, 7) is 1.94. The molecule has 2 N–H and O–H groups in total. The van der Waals surface area contributed by atoms with Gasteiger partial charge in [0.25, 0.3) is 0 Å². The van der Waals surface area contributed by atoms with Gasteiger partial charge in [0, 0.05) is 15.8 Å². The van der Waals surface area contributed by atoms with Crippen LogP contribution in [0.3, 0.4) is 0 Å². The second-order valence-corrected chi connectivity index (χ2v) is 6.33. The fourth-order valence-electron chi connectivity index (χ4n) is 1.92. The fourth-order valence-corrected chi connectivity index (χ4v) is 3.41. The van der Waals surface area contributed by atoms with E-state index >= 15 is 0 Å². The van der Waals surface area contributed by atoms with Crippen LogP contribution in [0.25, 0.3) is 0 Å². The van der Waals surface area contributed by atoms with Gasteiger partial charge in [0.1, 0.15) is 0 Å². The first-order valence-corrected chi connectivity index (χ1v) is 7.51. The molecule has 0 aliphatic carbocycles. The summed E-state index contributed by atoms with van der Waals surface area (Å²) < 4.78 is 38.8. The van der Waals surface area contributed by atoms with E-state index in [1.165, 1.54) is 17.4 Å². The third-order valence-corrected chi connectivity index (χ3v) is 4.16. The van der Waals surface area contributed by atoms with Crippen molar-refractivity contribution in [3.63, 3.8) is 0 Å². The molecule has 0 aliphatic rings. The summed E-state index contributed by atoms with van der Waals surface area (Å²) in [5.41, 5.74) is 6.44. The summed E-state index contributed by atoms with van der Waals surface area (Å²) in [6, 6.07) is 3.93. The second kappa shape index (κ2) is 5.73. The predicted molar refractivity (Wildman–Crippen MR) is 77.9 cm³/mol. The molecule has 0 saturated carbocycles. The van der Waals surface area contributed by atoms with Crippen LogP contribution in [0, 0.1) is 0 Å². The SMILES string of the molecule is CCc1nc(N)sc1Cc1cc(Br)cc(C(F)(F)F)c1. The van der Waals surface area contributed by atoms with Crippen LogP contribution >= 0.6 is 27.3 Å². The summed E-state index contributed by atoms with van der Waals surface area (Å²) in [5, 5.41) is 0.447. The number of halogens is 4. The normalized spacial score (nSPS) is 11.8. The van der Waals surface area contributed by atoms with Gasteiger partial charge in [0.2, 0.25) is 0 Å². The molecule has 0 spiro atoms. The highest BCUT2D eigenvalue weighted by Gasteiger charge is 2.31. The van der Waals surface area contributed by atoms with Gasteiger partial charge in [-0.1, -0.05) is 22.9 Å². The van der Waals surface area contributed by atoms with E-state index in [9.17, 15) is 13.2 Å². The summed E-state index contributed by atoms with van der Waals surface area (Å²) in [7, 11) is 0. The zero-order valence-corrected chi connectivity index (χ0v) is 13.0. The number of thiazole rings is 1. The van der Waals surface area contributed by atoms with E-state index in [1.54, 1.807) is 6.07 Å². The van der Waals surface area contributed by atoms with Gasteiger partial charge in [-0.2, -0.15) is 13.2 Å². The van der Waals surface area contributed by atoms with Crippen molar-refractivity contribution in [2.45, 2.75) is 25.9 Å². The zero-order chi connectivity index (χ0) is 14.9. The van der Waals surface area contributed by atoms with Crippen molar-refractivity contribution in [1.82, 2.24) is 4.98 Å². The summed E-state index contributed by atoms with van der Waals surface area (Å²) in [6.07, 6.45) is -3.23. The van der Waals surface area contributed by atoms with Crippen molar-refractivity contribution in [2.24, 2.45) is 0 Å². The Morgan fingerprint density at radius 3 is 2.60 bits per heavy atom. The van der Waals surface area contributed by atoms with Gasteiger partial charge >= 0.3 is 6.18 Å². The lowest BCUT2D eigenvalue weighted by atomic mass is 10.1. The molecule has 0 fully saturated rings. The topological polar surface area (TPSA) is 38.9 Å². The van der Waals surface area contributed by atoms with Crippen LogP contribution in [0.15, 0.2) is 22.7 Å². The summed E-state index contributed by atoms with van der Waals surface area (Å²) in [5.74, 6) is 0. The van der Waals surface area contributed by atoms with Crippen molar-refractivity contribution >= 4 is 32.4 Å². The molecule has 20 heavy (non-hydrogen) atoms. The first-order valence-electron chi connectivity index (χ1n) is 5.90. The number of nitrogen functional groups attached to an aromatic ring is 1. The first-order chi connectivity index (χ1) is 9.29. The molecule has 1 aromatic carbocycles. The van der Waals surface area contributed by atoms with Crippen molar-refractivity contribution in [1.29, 1.82) is 0 Å². The van der Waals surface area contributed by atoms with Crippen molar-refractivity contribution in [3.05, 3.63) is 44.4 Å². The number of nitrogens with zero attached hydrogens (tertiary/aromatic N) is 1. The molecule has 0 aliphatic heterocycles. The molecule has 1 aromatic heterocycles. The summed E-state index contributed by atoms with van der Waals surface area (Å²) >= 11 is 4.45. The van der Waals surface area contributed by atoms with Crippen LogP contribution in [-0.2, 0) is 19.0 Å². The molecule has 7 heteroatoms. The van der Waals surface area contributed by atoms with E-state index in [-0.39, 0.29) is 0 Å². The lowest BCUT2D eigenvalue weighted by Crippen LogP contribution is -2.06. The minimum Gasteiger partial charge on any atom is -0.375 e. The van der Waals surface area contributed by atoms with Crippen LogP contribution in [0.2, 0.25) is 0 Å². The quantitative estimate of drug-likeness (QED) is 0.859. The smallest absolute Gasteiger partial charge is 0.375 e. The Morgan fingerprint density at radius 1 is 1.30 bits per heavy atom. The Hall–Kier alpha value is -1.08. The third-order valence-electron chi connectivity index (χ3n) is 2.78. The van der Waals surface area contributed by atoms with Crippen molar-refractivity contribution in [2.75, 3.05) is 5.73 Å². The molecule has 2 nitrogen and oxygen atoms in total. The lowest BCUT2D eigenvalue weighted by molar-refractivity contribution is -0.137. The maximum absolute atomic E-state index is 12.8. The molecular weight excluding hydrogens is 353 g/mol. The number of rotatable bonds is 3. The van der Waals surface area contributed by atoms with E-state index in [0.29, 0.717) is 28.0 Å². The Kier molecular flexibility index (Phi) is 4.39. The molecule has 0 amide bonds. The molecule has 1 heterocycles. The Morgan fingerprint density at radius 2 is 2.00 bits per heavy atom. The third kappa shape index (κ3) is 3.52. The van der Waals surface area contributed by atoms with E-state index in [0.717, 1.165) is 16.6 Å². The highest BCUT2D eigenvalue weighted by molar-refractivity contribution is 9.10. The van der Waals surface area contributed by atoms with Crippen LogP contribution < -0.4 is 5.73 Å². The first kappa shape index (κ1) is 15.3. The van der Waals surface area contributed by atoms with Crippen molar-refractivity contribution in [3.8, 4) is 0 Å². The Balaban J connectivity index is 2.36. The van der Waals surface area contributed by atoms with Crippen molar-refractivity contribution < 1.29 is 13.2 Å². The van der Waals surface area contributed by atoms with Gasteiger partial charge in [-0.25, -0.2) is 4.98 Å². The average Bonchev–Trinajstić information content (AvgIpc) is 2.67. The van der Waals surface area contributed by atoms with Crippen LogP contribution in [0.5, 0.6) is 0 Å². The minimum absolute atomic E-state index is 0.403. The Labute approximate surface area is 127 Å². The highest BCUT2D eigenvalue weighted by Crippen LogP contribution is 2.33. The molecule has 0 atom stereocenters. The molecular formula is C13H12BrF3N2S. The number of benzene rings is 1. The van der Waals surface area contributed by atoms with E-state index in [4.69, 9.17) is 5.73 Å². The van der Waals surface area contributed by atoms with E-state index < -0.39 is 11.7 Å². The van der Waals surface area contributed by atoms with Gasteiger partial charge in [0.05, 0.1) is 11.3 Å². The highest BCUT2D eigenvalue weighted by atomic mass is 79.9. The van der Waals surface area contributed by atoms with Gasteiger partial charge in [-0.15, -0.1) is 11.3 Å². The number of nitrogens with two attached hydrogens (primary N) is 1. The number of aryl methyl sites for hydroxylation is 1. The molecule has 0 unspecified atom stereocenters. The lowest BCUT2D eigenvalue weighted by Gasteiger charge is -2.10. The van der Waals surface area contributed by atoms with E-state index in [2.05, 4.69) is 20.9 Å². The van der Waals surface area contributed by atoms with E-state index in [1.807, 2.05) is 6.92 Å². The van der Waals surface area contributed by atoms with Gasteiger partial charge in [-0.05, 0) is 30.2 Å². The van der Waals surface area contributed by atoms with Gasteiger partial charge in [0.15, 0.2) is 5.13 Å². The number of hydrogen-bond donors (Lipinski definition) is 1. The van der Waals surface area contributed by atoms with Crippen LogP contribution in [0.1, 0.15) is 28.6 Å².